The van der Waals surface area contributed by atoms with Gasteiger partial charge in [-0.3, -0.25) is 0 Å². The van der Waals surface area contributed by atoms with Crippen LogP contribution in [0, 0.1) is 13.8 Å². The van der Waals surface area contributed by atoms with Crippen molar-refractivity contribution in [2.24, 2.45) is 0 Å². The van der Waals surface area contributed by atoms with E-state index in [4.69, 9.17) is 11.6 Å². The summed E-state index contributed by atoms with van der Waals surface area (Å²) in [6.07, 6.45) is 2.57. The Morgan fingerprint density at radius 3 is 2.29 bits per heavy atom. The van der Waals surface area contributed by atoms with Crippen molar-refractivity contribution in [3.05, 3.63) is 40.8 Å². The topological polar surface area (TPSA) is 41.1 Å². The first-order chi connectivity index (χ1) is 10.1. The number of hydrogen-bond acceptors (Lipinski definition) is 4. The highest BCUT2D eigenvalue weighted by Gasteiger charge is 2.12. The van der Waals surface area contributed by atoms with Crippen LogP contribution in [0.1, 0.15) is 24.2 Å². The van der Waals surface area contributed by atoms with Crippen LogP contribution < -0.4 is 10.2 Å². The smallest absolute Gasteiger partial charge is 0.172 e. The number of benzene rings is 1. The maximum atomic E-state index is 6.14. The summed E-state index contributed by atoms with van der Waals surface area (Å²) < 4.78 is 0. The van der Waals surface area contributed by atoms with E-state index in [1.54, 1.807) is 0 Å². The van der Waals surface area contributed by atoms with E-state index in [2.05, 4.69) is 44.5 Å². The summed E-state index contributed by atoms with van der Waals surface area (Å²) in [5.74, 6) is 0.605. The summed E-state index contributed by atoms with van der Waals surface area (Å²) in [6.45, 7) is 6.14. The molecule has 4 nitrogen and oxygen atoms in total. The van der Waals surface area contributed by atoms with Gasteiger partial charge in [-0.1, -0.05) is 11.6 Å². The monoisotopic (exact) mass is 302 g/mol. The Bertz CT molecular complexity index is 633. The van der Waals surface area contributed by atoms with E-state index >= 15 is 0 Å². The van der Waals surface area contributed by atoms with Gasteiger partial charge in [0.2, 0.25) is 0 Å². The van der Waals surface area contributed by atoms with Gasteiger partial charge in [0.05, 0.1) is 11.4 Å². The number of halogens is 1. The van der Waals surface area contributed by atoms with Crippen LogP contribution in [0.15, 0.2) is 24.3 Å². The van der Waals surface area contributed by atoms with Crippen molar-refractivity contribution in [1.29, 1.82) is 0 Å². The predicted molar refractivity (Wildman–Crippen MR) is 87.7 cm³/mol. The lowest BCUT2D eigenvalue weighted by atomic mass is 10.2. The van der Waals surface area contributed by atoms with Crippen LogP contribution in [0.4, 0.5) is 17.2 Å². The number of nitrogens with one attached hydrogen (secondary N) is 1. The average Bonchev–Trinajstić information content (AvgIpc) is 3.00. The van der Waals surface area contributed by atoms with Gasteiger partial charge in [-0.2, -0.15) is 0 Å². The number of rotatable bonds is 3. The predicted octanol–water partition coefficient (Wildman–Crippen LogP) is 4.09. The molecule has 0 bridgehead atoms. The number of nitrogens with zero attached hydrogens (tertiary/aromatic N) is 3. The van der Waals surface area contributed by atoms with Crippen molar-refractivity contribution in [3.8, 4) is 0 Å². The molecule has 1 aliphatic heterocycles. The highest BCUT2D eigenvalue weighted by atomic mass is 35.5. The molecule has 0 amide bonds. The van der Waals surface area contributed by atoms with E-state index in [0.29, 0.717) is 11.0 Å². The highest BCUT2D eigenvalue weighted by Crippen LogP contribution is 2.26. The number of hydrogen-bond donors (Lipinski definition) is 1. The minimum absolute atomic E-state index is 0.404. The van der Waals surface area contributed by atoms with Gasteiger partial charge in [0.15, 0.2) is 11.0 Å². The maximum absolute atomic E-state index is 6.14. The quantitative estimate of drug-likeness (QED) is 0.927. The first-order valence-corrected chi connectivity index (χ1v) is 7.64. The Morgan fingerprint density at radius 2 is 1.62 bits per heavy atom. The van der Waals surface area contributed by atoms with Crippen LogP contribution in [-0.2, 0) is 0 Å². The summed E-state index contributed by atoms with van der Waals surface area (Å²) >= 11 is 6.14. The van der Waals surface area contributed by atoms with E-state index in [9.17, 15) is 0 Å². The number of aryl methyl sites for hydroxylation is 2. The molecule has 1 aromatic heterocycles. The van der Waals surface area contributed by atoms with Crippen molar-refractivity contribution in [3.63, 3.8) is 0 Å². The van der Waals surface area contributed by atoms with Gasteiger partial charge in [-0.15, -0.1) is 0 Å². The Hall–Kier alpha value is -1.81. The van der Waals surface area contributed by atoms with Gasteiger partial charge in [-0.05, 0) is 51.0 Å². The molecule has 1 saturated heterocycles. The second kappa shape index (κ2) is 5.90. The fraction of sp³-hybridized carbons (Fsp3) is 0.375. The molecule has 2 aromatic rings. The molecule has 0 saturated carbocycles. The molecule has 1 N–H and O–H groups in total. The van der Waals surface area contributed by atoms with E-state index in [1.807, 2.05) is 13.8 Å². The molecule has 0 spiro atoms. The molecule has 1 aliphatic rings. The van der Waals surface area contributed by atoms with Crippen molar-refractivity contribution in [2.75, 3.05) is 23.3 Å². The van der Waals surface area contributed by atoms with Crippen LogP contribution in [-0.4, -0.2) is 23.1 Å². The van der Waals surface area contributed by atoms with Crippen molar-refractivity contribution in [1.82, 2.24) is 9.97 Å². The van der Waals surface area contributed by atoms with Crippen LogP contribution in [0.5, 0.6) is 0 Å². The molecular formula is C16H19ClN4. The molecule has 2 heterocycles. The minimum atomic E-state index is 0.404. The summed E-state index contributed by atoms with van der Waals surface area (Å²) in [7, 11) is 0. The molecule has 0 atom stereocenters. The third-order valence-corrected chi connectivity index (χ3v) is 4.13. The standard InChI is InChI=1S/C16H19ClN4/c1-11-12(2)19-16(15(17)18-11)20-13-5-7-14(8-6-13)21-9-3-4-10-21/h5-8H,3-4,9-10H2,1-2H3,(H,19,20). The molecule has 5 heteroatoms. The fourth-order valence-electron chi connectivity index (χ4n) is 2.52. The second-order valence-electron chi connectivity index (χ2n) is 5.40. The van der Waals surface area contributed by atoms with Gasteiger partial charge in [0, 0.05) is 24.5 Å². The summed E-state index contributed by atoms with van der Waals surface area (Å²) in [6, 6.07) is 8.38. The molecule has 1 aromatic carbocycles. The summed E-state index contributed by atoms with van der Waals surface area (Å²) in [5, 5.41) is 3.64. The van der Waals surface area contributed by atoms with E-state index in [-0.39, 0.29) is 0 Å². The molecule has 0 unspecified atom stereocenters. The normalized spacial score (nSPS) is 14.5. The zero-order valence-electron chi connectivity index (χ0n) is 12.4. The third kappa shape index (κ3) is 3.10. The Labute approximate surface area is 130 Å². The van der Waals surface area contributed by atoms with Crippen LogP contribution in [0.25, 0.3) is 0 Å². The average molecular weight is 303 g/mol. The van der Waals surface area contributed by atoms with Crippen LogP contribution in [0.2, 0.25) is 5.15 Å². The first-order valence-electron chi connectivity index (χ1n) is 7.26. The zero-order chi connectivity index (χ0) is 14.8. The van der Waals surface area contributed by atoms with Gasteiger partial charge in [0.25, 0.3) is 0 Å². The lowest BCUT2D eigenvalue weighted by molar-refractivity contribution is 0.949. The van der Waals surface area contributed by atoms with Gasteiger partial charge < -0.3 is 10.2 Å². The number of aromatic nitrogens is 2. The first kappa shape index (κ1) is 14.1. The zero-order valence-corrected chi connectivity index (χ0v) is 13.1. The molecule has 110 valence electrons. The molecular weight excluding hydrogens is 284 g/mol. The molecule has 0 aliphatic carbocycles. The largest absolute Gasteiger partial charge is 0.372 e. The number of anilines is 3. The van der Waals surface area contributed by atoms with E-state index in [0.717, 1.165) is 30.2 Å². The molecule has 0 radical (unpaired) electrons. The summed E-state index contributed by atoms with van der Waals surface area (Å²) in [4.78, 5) is 11.1. The SMILES string of the molecule is Cc1nc(Cl)c(Nc2ccc(N3CCCC3)cc2)nc1C. The molecule has 3 rings (SSSR count). The minimum Gasteiger partial charge on any atom is -0.372 e. The molecule has 1 fully saturated rings. The van der Waals surface area contributed by atoms with Gasteiger partial charge >= 0.3 is 0 Å². The lowest BCUT2D eigenvalue weighted by Gasteiger charge is -2.18. The van der Waals surface area contributed by atoms with Gasteiger partial charge in [-0.25, -0.2) is 9.97 Å². The lowest BCUT2D eigenvalue weighted by Crippen LogP contribution is -2.17. The Kier molecular flexibility index (Phi) is 3.97. The Balaban J connectivity index is 1.77. The van der Waals surface area contributed by atoms with E-state index < -0.39 is 0 Å². The van der Waals surface area contributed by atoms with Crippen LogP contribution in [0.3, 0.4) is 0 Å². The van der Waals surface area contributed by atoms with Crippen molar-refractivity contribution < 1.29 is 0 Å². The fourth-order valence-corrected chi connectivity index (χ4v) is 2.74. The third-order valence-electron chi connectivity index (χ3n) is 3.87. The second-order valence-corrected chi connectivity index (χ2v) is 5.76. The van der Waals surface area contributed by atoms with Crippen molar-refractivity contribution in [2.45, 2.75) is 26.7 Å². The summed E-state index contributed by atoms with van der Waals surface area (Å²) in [5.41, 5.74) is 3.98. The van der Waals surface area contributed by atoms with Crippen molar-refractivity contribution >= 4 is 28.8 Å². The van der Waals surface area contributed by atoms with Crippen LogP contribution >= 0.6 is 11.6 Å². The maximum Gasteiger partial charge on any atom is 0.172 e. The Morgan fingerprint density at radius 1 is 1.00 bits per heavy atom. The van der Waals surface area contributed by atoms with E-state index in [1.165, 1.54) is 18.5 Å². The molecule has 21 heavy (non-hydrogen) atoms. The highest BCUT2D eigenvalue weighted by molar-refractivity contribution is 6.31. The van der Waals surface area contributed by atoms with Gasteiger partial charge in [0.1, 0.15) is 0 Å².